The summed E-state index contributed by atoms with van der Waals surface area (Å²) in [6.07, 6.45) is 0. The van der Waals surface area contributed by atoms with E-state index in [9.17, 15) is 0 Å². The fraction of sp³-hybridized carbons (Fsp3) is 0.200. The zero-order valence-corrected chi connectivity index (χ0v) is 19.4. The number of aryl methyl sites for hydroxylation is 2. The molecule has 0 aromatic heterocycles. The number of fused-ring (bicyclic) bond motifs is 6. The zero-order valence-electron chi connectivity index (χ0n) is 17.0. The van der Waals surface area contributed by atoms with Gasteiger partial charge in [-0.05, 0) is 27.7 Å². The molecule has 149 valence electrons. The largest absolute Gasteiger partial charge is 0.476 e. The molecule has 0 atom stereocenters. The molecule has 0 fully saturated rings. The smallest absolute Gasteiger partial charge is 0.127 e. The van der Waals surface area contributed by atoms with Crippen molar-refractivity contribution in [1.82, 2.24) is 5.01 Å². The first-order valence-electron chi connectivity index (χ1n) is 9.78. The number of rotatable bonds is 2. The molecule has 2 heterocycles. The Labute approximate surface area is 186 Å². The van der Waals surface area contributed by atoms with E-state index >= 15 is 0 Å². The van der Waals surface area contributed by atoms with Crippen molar-refractivity contribution in [2.75, 3.05) is 4.90 Å². The van der Waals surface area contributed by atoms with Crippen LogP contribution in [0, 0.1) is 26.6 Å². The maximum atomic E-state index is 4.86. The van der Waals surface area contributed by atoms with Crippen LogP contribution in [0.1, 0.15) is 30.5 Å². The van der Waals surface area contributed by atoms with Crippen molar-refractivity contribution in [3.8, 4) is 22.3 Å². The number of amidine groups is 1. The van der Waals surface area contributed by atoms with Crippen LogP contribution in [0.25, 0.3) is 22.3 Å². The number of nitrogens with zero attached hydrogens (tertiary/aromatic N) is 3. The fourth-order valence-corrected chi connectivity index (χ4v) is 4.17. The van der Waals surface area contributed by atoms with Crippen LogP contribution in [0.5, 0.6) is 0 Å². The average molecular weight is 558 g/mol. The van der Waals surface area contributed by atoms with Gasteiger partial charge in [-0.25, -0.2) is 0 Å². The van der Waals surface area contributed by atoms with Gasteiger partial charge in [0.05, 0.1) is 0 Å². The van der Waals surface area contributed by atoms with Gasteiger partial charge in [0.15, 0.2) is 0 Å². The van der Waals surface area contributed by atoms with E-state index in [1.54, 1.807) is 0 Å². The summed E-state index contributed by atoms with van der Waals surface area (Å²) in [6.45, 7) is 10.7. The maximum Gasteiger partial charge on any atom is 0.127 e. The molecule has 0 bridgehead atoms. The van der Waals surface area contributed by atoms with Gasteiger partial charge in [-0.2, -0.15) is 23.3 Å². The van der Waals surface area contributed by atoms with Gasteiger partial charge in [0.2, 0.25) is 0 Å². The molecule has 0 saturated heterocycles. The Morgan fingerprint density at radius 2 is 1.62 bits per heavy atom. The minimum absolute atomic E-state index is 0. The van der Waals surface area contributed by atoms with E-state index in [1.165, 1.54) is 38.9 Å². The number of anilines is 1. The molecule has 2 aliphatic heterocycles. The van der Waals surface area contributed by atoms with E-state index in [1.807, 2.05) is 5.01 Å². The standard InChI is InChI=1S/C25H23N3.Ir/c1-16(2)28-15-27-23-13-12-19(24-17(3)8-7-9-18(24)4)14-22(23)20-10-5-6-11-21(20)25(27)26-28;/h5-12,14-16H,1-4H3;/q-2;. The summed E-state index contributed by atoms with van der Waals surface area (Å²) in [5.41, 5.74) is 9.75. The minimum Gasteiger partial charge on any atom is -0.476 e. The number of benzene rings is 3. The van der Waals surface area contributed by atoms with Crippen molar-refractivity contribution in [3.63, 3.8) is 0 Å². The van der Waals surface area contributed by atoms with Crippen molar-refractivity contribution < 1.29 is 20.1 Å². The van der Waals surface area contributed by atoms with Crippen molar-refractivity contribution in [2.45, 2.75) is 33.7 Å². The number of hydrazone groups is 1. The first-order valence-corrected chi connectivity index (χ1v) is 9.78. The molecule has 0 saturated carbocycles. The number of hydrogen-bond acceptors (Lipinski definition) is 3. The van der Waals surface area contributed by atoms with Gasteiger partial charge in [-0.3, -0.25) is 0 Å². The van der Waals surface area contributed by atoms with E-state index in [0.717, 1.165) is 11.5 Å². The monoisotopic (exact) mass is 558 g/mol. The second kappa shape index (κ2) is 7.44. The Hall–Kier alpha value is -2.42. The Morgan fingerprint density at radius 3 is 2.31 bits per heavy atom. The third-order valence-electron chi connectivity index (χ3n) is 5.59. The molecule has 0 amide bonds. The Kier molecular flexibility index (Phi) is 5.10. The van der Waals surface area contributed by atoms with Crippen LogP contribution in [-0.4, -0.2) is 16.9 Å². The molecule has 1 radical (unpaired) electrons. The second-order valence-electron chi connectivity index (χ2n) is 7.85. The molecular formula is C25H23IrN3-2. The van der Waals surface area contributed by atoms with Crippen LogP contribution in [0.15, 0.2) is 59.7 Å². The minimum atomic E-state index is 0. The molecule has 4 heteroatoms. The van der Waals surface area contributed by atoms with Gasteiger partial charge in [0, 0.05) is 31.7 Å². The van der Waals surface area contributed by atoms with Crippen molar-refractivity contribution in [3.05, 3.63) is 84.0 Å². The van der Waals surface area contributed by atoms with E-state index in [-0.39, 0.29) is 20.1 Å². The summed E-state index contributed by atoms with van der Waals surface area (Å²) in [7, 11) is 0. The van der Waals surface area contributed by atoms with Crippen LogP contribution in [0.2, 0.25) is 0 Å². The molecule has 5 rings (SSSR count). The molecule has 0 aliphatic carbocycles. The first kappa shape index (κ1) is 19.9. The van der Waals surface area contributed by atoms with Crippen LogP contribution in [-0.2, 0) is 20.1 Å². The summed E-state index contributed by atoms with van der Waals surface area (Å²) in [5.74, 6) is 0.980. The SMILES string of the molecule is Cc1cccc(C)c1-c1c[c-]c2c(c1)-c1ccccc1C1=NN(C(C)C)[CH-]N12.[Ir]. The summed E-state index contributed by atoms with van der Waals surface area (Å²) in [5, 5.41) is 6.88. The van der Waals surface area contributed by atoms with Crippen molar-refractivity contribution >= 4 is 11.5 Å². The molecule has 3 nitrogen and oxygen atoms in total. The van der Waals surface area contributed by atoms with E-state index in [4.69, 9.17) is 5.10 Å². The predicted molar refractivity (Wildman–Crippen MR) is 116 cm³/mol. The van der Waals surface area contributed by atoms with E-state index in [0.29, 0.717) is 6.04 Å². The molecule has 0 N–H and O–H groups in total. The fourth-order valence-electron chi connectivity index (χ4n) is 4.17. The van der Waals surface area contributed by atoms with E-state index in [2.05, 4.69) is 99.9 Å². The summed E-state index contributed by atoms with van der Waals surface area (Å²) in [4.78, 5) is 2.17. The topological polar surface area (TPSA) is 18.8 Å². The van der Waals surface area contributed by atoms with Gasteiger partial charge >= 0.3 is 0 Å². The molecule has 29 heavy (non-hydrogen) atoms. The summed E-state index contributed by atoms with van der Waals surface area (Å²) in [6, 6.07) is 23.3. The van der Waals surface area contributed by atoms with Crippen LogP contribution in [0.4, 0.5) is 5.69 Å². The first-order chi connectivity index (χ1) is 13.5. The van der Waals surface area contributed by atoms with Crippen LogP contribution in [0.3, 0.4) is 0 Å². The zero-order chi connectivity index (χ0) is 19.4. The molecule has 0 unspecified atom stereocenters. The second-order valence-corrected chi connectivity index (χ2v) is 7.85. The van der Waals surface area contributed by atoms with E-state index < -0.39 is 0 Å². The van der Waals surface area contributed by atoms with Crippen molar-refractivity contribution in [1.29, 1.82) is 0 Å². The summed E-state index contributed by atoms with van der Waals surface area (Å²) >= 11 is 0. The van der Waals surface area contributed by atoms with Gasteiger partial charge in [0.25, 0.3) is 0 Å². The Bertz CT molecular complexity index is 1100. The number of hydrogen-bond donors (Lipinski definition) is 0. The average Bonchev–Trinajstić information content (AvgIpc) is 3.14. The van der Waals surface area contributed by atoms with Crippen molar-refractivity contribution in [2.24, 2.45) is 5.10 Å². The molecular weight excluding hydrogens is 535 g/mol. The van der Waals surface area contributed by atoms with Crippen LogP contribution >= 0.6 is 0 Å². The van der Waals surface area contributed by atoms with Gasteiger partial charge in [0.1, 0.15) is 5.84 Å². The third kappa shape index (κ3) is 3.11. The summed E-state index contributed by atoms with van der Waals surface area (Å²) < 4.78 is 0. The van der Waals surface area contributed by atoms with Gasteiger partial charge in [-0.1, -0.05) is 70.4 Å². The quantitative estimate of drug-likeness (QED) is 0.373. The Morgan fingerprint density at radius 1 is 0.931 bits per heavy atom. The molecule has 0 spiro atoms. The molecule has 3 aromatic rings. The van der Waals surface area contributed by atoms with Crippen LogP contribution < -0.4 is 4.90 Å². The van der Waals surface area contributed by atoms with Gasteiger partial charge in [-0.15, -0.1) is 17.8 Å². The normalized spacial score (nSPS) is 14.2. The third-order valence-corrected chi connectivity index (χ3v) is 5.59. The predicted octanol–water partition coefficient (Wildman–Crippen LogP) is 5.76. The van der Waals surface area contributed by atoms with Gasteiger partial charge < -0.3 is 9.91 Å². The maximum absolute atomic E-state index is 4.86. The molecule has 2 aliphatic rings. The Balaban J connectivity index is 0.00000205. The molecule has 3 aromatic carbocycles.